The number of hydrogen-bond donors (Lipinski definition) is 1. The van der Waals surface area contributed by atoms with Crippen molar-refractivity contribution >= 4 is 43.5 Å². The highest BCUT2D eigenvalue weighted by atomic mass is 79.9. The van der Waals surface area contributed by atoms with E-state index in [1.807, 2.05) is 31.2 Å². The third kappa shape index (κ3) is 6.66. The number of nitrogens with one attached hydrogen (secondary N) is 1. The van der Waals surface area contributed by atoms with Gasteiger partial charge in [0.15, 0.2) is 11.5 Å². The van der Waals surface area contributed by atoms with Crippen LogP contribution < -0.4 is 19.1 Å². The molecule has 0 saturated carbocycles. The molecule has 0 aromatic heterocycles. The summed E-state index contributed by atoms with van der Waals surface area (Å²) in [7, 11) is -3.82. The zero-order valence-electron chi connectivity index (χ0n) is 20.0. The molecule has 11 heteroatoms. The van der Waals surface area contributed by atoms with Gasteiger partial charge in [0.1, 0.15) is 12.6 Å². The number of carbonyl (C=O) groups is 2. The average molecular weight is 568 g/mol. The van der Waals surface area contributed by atoms with E-state index < -0.39 is 28.5 Å². The summed E-state index contributed by atoms with van der Waals surface area (Å²) in [6, 6.07) is 11.3. The molecule has 0 spiro atoms. The summed E-state index contributed by atoms with van der Waals surface area (Å²) in [5, 5.41) is 2.81. The van der Waals surface area contributed by atoms with E-state index in [0.29, 0.717) is 18.0 Å². The van der Waals surface area contributed by atoms with E-state index in [2.05, 4.69) is 21.2 Å². The first kappa shape index (κ1) is 26.8. The van der Waals surface area contributed by atoms with Crippen molar-refractivity contribution in [3.8, 4) is 11.5 Å². The summed E-state index contributed by atoms with van der Waals surface area (Å²) in [5.74, 6) is -0.0923. The fourth-order valence-corrected chi connectivity index (χ4v) is 5.07. The SMILES string of the molecule is CCCNC(=O)[C@H](C)N(Cc1cccc(Br)c1)C(=O)CN(c1ccc2c(c1)OCO2)S(=O)(=O)CC. The molecule has 1 N–H and O–H groups in total. The Kier molecular flexibility index (Phi) is 9.01. The van der Waals surface area contributed by atoms with Gasteiger partial charge in [0.2, 0.25) is 28.6 Å². The van der Waals surface area contributed by atoms with Crippen LogP contribution in [-0.2, 0) is 26.2 Å². The third-order valence-corrected chi connectivity index (χ3v) is 7.82. The molecule has 190 valence electrons. The van der Waals surface area contributed by atoms with Gasteiger partial charge in [0.05, 0.1) is 11.4 Å². The average Bonchev–Trinajstić information content (AvgIpc) is 3.31. The van der Waals surface area contributed by atoms with Gasteiger partial charge in [0, 0.05) is 23.6 Å². The van der Waals surface area contributed by atoms with E-state index in [1.54, 1.807) is 25.1 Å². The van der Waals surface area contributed by atoms with Crippen molar-refractivity contribution in [2.75, 3.05) is 29.9 Å². The molecule has 0 unspecified atom stereocenters. The van der Waals surface area contributed by atoms with Crippen LogP contribution in [0.25, 0.3) is 0 Å². The normalized spacial score (nSPS) is 13.3. The van der Waals surface area contributed by atoms with Crippen molar-refractivity contribution in [1.29, 1.82) is 0 Å². The zero-order chi connectivity index (χ0) is 25.6. The van der Waals surface area contributed by atoms with Gasteiger partial charge in [-0.2, -0.15) is 0 Å². The Hall–Kier alpha value is -2.79. The van der Waals surface area contributed by atoms with Crippen molar-refractivity contribution in [3.05, 3.63) is 52.5 Å². The van der Waals surface area contributed by atoms with Crippen LogP contribution in [0.3, 0.4) is 0 Å². The Labute approximate surface area is 214 Å². The topological polar surface area (TPSA) is 105 Å². The van der Waals surface area contributed by atoms with Crippen LogP contribution in [0.4, 0.5) is 5.69 Å². The van der Waals surface area contributed by atoms with Gasteiger partial charge >= 0.3 is 0 Å². The van der Waals surface area contributed by atoms with E-state index >= 15 is 0 Å². The van der Waals surface area contributed by atoms with E-state index in [9.17, 15) is 18.0 Å². The molecule has 3 rings (SSSR count). The predicted molar refractivity (Wildman–Crippen MR) is 137 cm³/mol. The molecule has 1 aliphatic rings. The molecule has 0 fully saturated rings. The number of nitrogens with zero attached hydrogens (tertiary/aromatic N) is 2. The predicted octanol–water partition coefficient (Wildman–Crippen LogP) is 3.28. The first-order valence-electron chi connectivity index (χ1n) is 11.4. The lowest BCUT2D eigenvalue weighted by molar-refractivity contribution is -0.139. The van der Waals surface area contributed by atoms with Crippen molar-refractivity contribution in [3.63, 3.8) is 0 Å². The van der Waals surface area contributed by atoms with Crippen molar-refractivity contribution in [2.24, 2.45) is 0 Å². The summed E-state index contributed by atoms with van der Waals surface area (Å²) in [6.07, 6.45) is 0.755. The number of ether oxygens (including phenoxy) is 2. The Morgan fingerprint density at radius 1 is 1.11 bits per heavy atom. The van der Waals surface area contributed by atoms with E-state index in [0.717, 1.165) is 20.8 Å². The molecule has 1 heterocycles. The lowest BCUT2D eigenvalue weighted by atomic mass is 10.1. The van der Waals surface area contributed by atoms with E-state index in [-0.39, 0.29) is 30.7 Å². The second-order valence-electron chi connectivity index (χ2n) is 8.06. The quantitative estimate of drug-likeness (QED) is 0.446. The van der Waals surface area contributed by atoms with Crippen molar-refractivity contribution < 1.29 is 27.5 Å². The third-order valence-electron chi connectivity index (χ3n) is 5.58. The second-order valence-corrected chi connectivity index (χ2v) is 11.2. The molecule has 0 aliphatic carbocycles. The number of anilines is 1. The lowest BCUT2D eigenvalue weighted by Gasteiger charge is -2.32. The molecular weight excluding hydrogens is 538 g/mol. The molecule has 9 nitrogen and oxygen atoms in total. The summed E-state index contributed by atoms with van der Waals surface area (Å²) < 4.78 is 38.6. The number of sulfonamides is 1. The molecular formula is C24H30BrN3O6S. The van der Waals surface area contributed by atoms with Crippen LogP contribution in [0.5, 0.6) is 11.5 Å². The molecule has 2 aromatic carbocycles. The van der Waals surface area contributed by atoms with Crippen LogP contribution in [0.2, 0.25) is 0 Å². The number of fused-ring (bicyclic) bond motifs is 1. The fourth-order valence-electron chi connectivity index (χ4n) is 3.57. The minimum absolute atomic E-state index is 0.0447. The number of hydrogen-bond acceptors (Lipinski definition) is 6. The summed E-state index contributed by atoms with van der Waals surface area (Å²) in [5.41, 5.74) is 1.09. The van der Waals surface area contributed by atoms with E-state index in [1.165, 1.54) is 11.8 Å². The van der Waals surface area contributed by atoms with Gasteiger partial charge < -0.3 is 19.7 Å². The van der Waals surface area contributed by atoms with Gasteiger partial charge in [-0.15, -0.1) is 0 Å². The molecule has 35 heavy (non-hydrogen) atoms. The second kappa shape index (κ2) is 11.8. The largest absolute Gasteiger partial charge is 0.454 e. The maximum absolute atomic E-state index is 13.6. The fraction of sp³-hybridized carbons (Fsp3) is 0.417. The highest BCUT2D eigenvalue weighted by Gasteiger charge is 2.31. The number of rotatable bonds is 11. The standard InChI is InChI=1S/C24H30BrN3O6S/c1-4-11-26-24(30)17(3)27(14-18-7-6-8-19(25)12-18)23(29)15-28(35(31,32)5-2)20-9-10-21-22(13-20)34-16-33-21/h6-10,12-13,17H,4-5,11,14-16H2,1-3H3,(H,26,30)/t17-/m0/s1. The Balaban J connectivity index is 1.93. The van der Waals surface area contributed by atoms with Crippen LogP contribution in [-0.4, -0.2) is 56.8 Å². The minimum Gasteiger partial charge on any atom is -0.454 e. The highest BCUT2D eigenvalue weighted by Crippen LogP contribution is 2.36. The zero-order valence-corrected chi connectivity index (χ0v) is 22.4. The minimum atomic E-state index is -3.82. The lowest BCUT2D eigenvalue weighted by Crippen LogP contribution is -2.51. The van der Waals surface area contributed by atoms with Gasteiger partial charge in [-0.05, 0) is 50.1 Å². The highest BCUT2D eigenvalue weighted by molar-refractivity contribution is 9.10. The monoisotopic (exact) mass is 567 g/mol. The molecule has 1 atom stereocenters. The maximum Gasteiger partial charge on any atom is 0.244 e. The Bertz CT molecular complexity index is 1170. The van der Waals surface area contributed by atoms with Gasteiger partial charge in [-0.3, -0.25) is 13.9 Å². The Morgan fingerprint density at radius 2 is 1.86 bits per heavy atom. The number of carbonyl (C=O) groups excluding carboxylic acids is 2. The summed E-state index contributed by atoms with van der Waals surface area (Å²) in [6.45, 7) is 5.29. The summed E-state index contributed by atoms with van der Waals surface area (Å²) >= 11 is 3.43. The van der Waals surface area contributed by atoms with Crippen LogP contribution in [0.1, 0.15) is 32.8 Å². The molecule has 0 bridgehead atoms. The van der Waals surface area contributed by atoms with Gasteiger partial charge in [0.25, 0.3) is 0 Å². The molecule has 1 aliphatic heterocycles. The Morgan fingerprint density at radius 3 is 2.54 bits per heavy atom. The number of halogens is 1. The van der Waals surface area contributed by atoms with Gasteiger partial charge in [-0.25, -0.2) is 8.42 Å². The smallest absolute Gasteiger partial charge is 0.244 e. The number of benzene rings is 2. The molecule has 2 aromatic rings. The first-order valence-corrected chi connectivity index (χ1v) is 13.8. The maximum atomic E-state index is 13.6. The van der Waals surface area contributed by atoms with Crippen LogP contribution >= 0.6 is 15.9 Å². The van der Waals surface area contributed by atoms with E-state index in [4.69, 9.17) is 9.47 Å². The van der Waals surface area contributed by atoms with Gasteiger partial charge in [-0.1, -0.05) is 35.0 Å². The first-order chi connectivity index (χ1) is 16.7. The van der Waals surface area contributed by atoms with Crippen LogP contribution in [0.15, 0.2) is 46.9 Å². The number of amides is 2. The summed E-state index contributed by atoms with van der Waals surface area (Å²) in [4.78, 5) is 27.8. The molecule has 0 saturated heterocycles. The molecule has 0 radical (unpaired) electrons. The van der Waals surface area contributed by atoms with Crippen LogP contribution in [0, 0.1) is 0 Å². The van der Waals surface area contributed by atoms with Crippen molar-refractivity contribution in [1.82, 2.24) is 10.2 Å². The molecule has 2 amide bonds. The van der Waals surface area contributed by atoms with Crippen molar-refractivity contribution in [2.45, 2.75) is 39.8 Å².